The topological polar surface area (TPSA) is 41.6 Å². The standard InChI is InChI=1S/C25H31FN2O2/c1-18(29)14-19-6-4-9-22(15-19)30-25-23-10-3-2-7-20(23)16-24(25)28-13-5-8-21(17-28)27-12-11-26/h2-4,6-7,9-10,15,21,24-25,27H,5,8,11-14,16-17H2,1H3/t21-,24+,25+/m1/s1. The maximum Gasteiger partial charge on any atom is 0.140 e. The molecular formula is C25H31FN2O2. The molecule has 0 radical (unpaired) electrons. The van der Waals surface area contributed by atoms with Crippen LogP contribution in [0.2, 0.25) is 0 Å². The number of rotatable bonds is 8. The summed E-state index contributed by atoms with van der Waals surface area (Å²) in [6.45, 7) is 3.67. The van der Waals surface area contributed by atoms with Crippen molar-refractivity contribution < 1.29 is 13.9 Å². The molecule has 1 heterocycles. The first-order valence-electron chi connectivity index (χ1n) is 11.0. The molecule has 30 heavy (non-hydrogen) atoms. The molecule has 3 atom stereocenters. The Morgan fingerprint density at radius 2 is 2.10 bits per heavy atom. The van der Waals surface area contributed by atoms with Gasteiger partial charge in [-0.05, 0) is 61.6 Å². The van der Waals surface area contributed by atoms with Gasteiger partial charge in [0.15, 0.2) is 0 Å². The zero-order valence-electron chi connectivity index (χ0n) is 17.6. The van der Waals surface area contributed by atoms with E-state index >= 15 is 0 Å². The van der Waals surface area contributed by atoms with E-state index in [4.69, 9.17) is 4.74 Å². The number of fused-ring (bicyclic) bond motifs is 1. The Bertz CT molecular complexity index is 872. The number of ketones is 1. The molecule has 4 nitrogen and oxygen atoms in total. The Labute approximate surface area is 178 Å². The van der Waals surface area contributed by atoms with Crippen LogP contribution in [0.1, 0.15) is 42.6 Å². The zero-order valence-corrected chi connectivity index (χ0v) is 17.6. The number of carbonyl (C=O) groups is 1. The molecular weight excluding hydrogens is 379 g/mol. The van der Waals surface area contributed by atoms with E-state index in [9.17, 15) is 9.18 Å². The predicted octanol–water partition coefficient (Wildman–Crippen LogP) is 3.89. The van der Waals surface area contributed by atoms with Crippen molar-refractivity contribution in [1.29, 1.82) is 0 Å². The third-order valence-corrected chi connectivity index (χ3v) is 6.20. The van der Waals surface area contributed by atoms with Crippen molar-refractivity contribution in [2.24, 2.45) is 0 Å². The zero-order chi connectivity index (χ0) is 20.9. The van der Waals surface area contributed by atoms with Crippen molar-refractivity contribution in [2.45, 2.75) is 50.8 Å². The summed E-state index contributed by atoms with van der Waals surface area (Å²) in [5.74, 6) is 0.959. The molecule has 2 aliphatic rings. The molecule has 2 aromatic rings. The molecule has 0 bridgehead atoms. The molecule has 1 aliphatic carbocycles. The number of hydrogen-bond donors (Lipinski definition) is 1. The number of ether oxygens (including phenoxy) is 1. The number of nitrogens with one attached hydrogen (secondary N) is 1. The molecule has 0 unspecified atom stereocenters. The van der Waals surface area contributed by atoms with Crippen molar-refractivity contribution in [1.82, 2.24) is 10.2 Å². The number of halogens is 1. The van der Waals surface area contributed by atoms with Gasteiger partial charge < -0.3 is 10.1 Å². The summed E-state index contributed by atoms with van der Waals surface area (Å²) in [5.41, 5.74) is 3.57. The summed E-state index contributed by atoms with van der Waals surface area (Å²) >= 11 is 0. The maximum absolute atomic E-state index is 12.6. The third kappa shape index (κ3) is 4.90. The van der Waals surface area contributed by atoms with Crippen molar-refractivity contribution in [3.8, 4) is 5.75 Å². The van der Waals surface area contributed by atoms with Gasteiger partial charge in [-0.25, -0.2) is 4.39 Å². The normalized spacial score (nSPS) is 23.9. The summed E-state index contributed by atoms with van der Waals surface area (Å²) < 4.78 is 19.2. The Hall–Kier alpha value is -2.24. The minimum atomic E-state index is -0.326. The Balaban J connectivity index is 1.54. The second-order valence-corrected chi connectivity index (χ2v) is 8.51. The van der Waals surface area contributed by atoms with E-state index < -0.39 is 0 Å². The van der Waals surface area contributed by atoms with Crippen LogP contribution >= 0.6 is 0 Å². The Morgan fingerprint density at radius 1 is 1.23 bits per heavy atom. The largest absolute Gasteiger partial charge is 0.484 e. The monoisotopic (exact) mass is 410 g/mol. The van der Waals surface area contributed by atoms with Gasteiger partial charge in [0.1, 0.15) is 24.3 Å². The summed E-state index contributed by atoms with van der Waals surface area (Å²) in [4.78, 5) is 14.0. The summed E-state index contributed by atoms with van der Waals surface area (Å²) in [5, 5.41) is 3.35. The molecule has 5 heteroatoms. The maximum atomic E-state index is 12.6. The number of likely N-dealkylation sites (tertiary alicyclic amines) is 1. The van der Waals surface area contributed by atoms with Crippen molar-refractivity contribution in [2.75, 3.05) is 26.3 Å². The summed E-state index contributed by atoms with van der Waals surface area (Å²) in [6.07, 6.45) is 3.54. The van der Waals surface area contributed by atoms with Crippen LogP contribution in [0.5, 0.6) is 5.75 Å². The van der Waals surface area contributed by atoms with E-state index in [-0.39, 0.29) is 24.6 Å². The second-order valence-electron chi connectivity index (χ2n) is 8.51. The summed E-state index contributed by atoms with van der Waals surface area (Å²) in [7, 11) is 0. The van der Waals surface area contributed by atoms with Crippen LogP contribution in [0.25, 0.3) is 0 Å². The van der Waals surface area contributed by atoms with Gasteiger partial charge in [0.2, 0.25) is 0 Å². The van der Waals surface area contributed by atoms with Gasteiger partial charge in [0.05, 0.1) is 6.04 Å². The van der Waals surface area contributed by atoms with Gasteiger partial charge in [0.25, 0.3) is 0 Å². The van der Waals surface area contributed by atoms with E-state index in [2.05, 4.69) is 34.5 Å². The van der Waals surface area contributed by atoms with Crippen LogP contribution in [-0.2, 0) is 17.6 Å². The second kappa shape index (κ2) is 9.71. The molecule has 0 spiro atoms. The third-order valence-electron chi connectivity index (χ3n) is 6.20. The van der Waals surface area contributed by atoms with E-state index in [0.717, 1.165) is 43.7 Å². The number of carbonyl (C=O) groups excluding carboxylic acids is 1. The highest BCUT2D eigenvalue weighted by Crippen LogP contribution is 2.39. The molecule has 0 aromatic heterocycles. The van der Waals surface area contributed by atoms with E-state index in [0.29, 0.717) is 19.0 Å². The van der Waals surface area contributed by atoms with E-state index in [1.165, 1.54) is 11.1 Å². The lowest BCUT2D eigenvalue weighted by Crippen LogP contribution is -2.51. The highest BCUT2D eigenvalue weighted by molar-refractivity contribution is 5.78. The first-order chi connectivity index (χ1) is 14.6. The van der Waals surface area contributed by atoms with Crippen LogP contribution in [0.3, 0.4) is 0 Å². The van der Waals surface area contributed by atoms with Gasteiger partial charge >= 0.3 is 0 Å². The first-order valence-corrected chi connectivity index (χ1v) is 11.0. The van der Waals surface area contributed by atoms with Crippen LogP contribution in [-0.4, -0.2) is 49.1 Å². The van der Waals surface area contributed by atoms with Gasteiger partial charge in [0, 0.05) is 25.6 Å². The average molecular weight is 411 g/mol. The minimum absolute atomic E-state index is 0.0475. The molecule has 1 saturated heterocycles. The number of Topliss-reactive ketones (excluding diaryl/α,β-unsaturated/α-hetero) is 1. The lowest BCUT2D eigenvalue weighted by Gasteiger charge is -2.39. The molecule has 160 valence electrons. The van der Waals surface area contributed by atoms with Crippen LogP contribution in [0.4, 0.5) is 4.39 Å². The number of benzene rings is 2. The van der Waals surface area contributed by atoms with E-state index in [1.54, 1.807) is 6.92 Å². The molecule has 0 saturated carbocycles. The lowest BCUT2D eigenvalue weighted by atomic mass is 10.0. The fraction of sp³-hybridized carbons (Fsp3) is 0.480. The van der Waals surface area contributed by atoms with Crippen molar-refractivity contribution in [3.63, 3.8) is 0 Å². The van der Waals surface area contributed by atoms with Gasteiger partial charge in [-0.2, -0.15) is 0 Å². The predicted molar refractivity (Wildman–Crippen MR) is 117 cm³/mol. The van der Waals surface area contributed by atoms with Crippen molar-refractivity contribution >= 4 is 5.78 Å². The molecule has 1 N–H and O–H groups in total. The van der Waals surface area contributed by atoms with E-state index in [1.807, 2.05) is 24.3 Å². The fourth-order valence-corrected chi connectivity index (χ4v) is 4.90. The van der Waals surface area contributed by atoms with Crippen LogP contribution in [0, 0.1) is 0 Å². The molecule has 2 aromatic carbocycles. The molecule has 4 rings (SSSR count). The smallest absolute Gasteiger partial charge is 0.140 e. The number of hydrogen-bond acceptors (Lipinski definition) is 4. The SMILES string of the molecule is CC(=O)Cc1cccc(O[C@H]2c3ccccc3C[C@@H]2N2CCC[C@@H](NCCF)C2)c1. The number of piperidine rings is 1. The van der Waals surface area contributed by atoms with Crippen molar-refractivity contribution in [3.05, 3.63) is 65.2 Å². The van der Waals surface area contributed by atoms with Gasteiger partial charge in [-0.3, -0.25) is 9.69 Å². The first kappa shape index (κ1) is 21.0. The molecule has 1 fully saturated rings. The van der Waals surface area contributed by atoms with Gasteiger partial charge in [-0.15, -0.1) is 0 Å². The quantitative estimate of drug-likeness (QED) is 0.717. The van der Waals surface area contributed by atoms with Gasteiger partial charge in [-0.1, -0.05) is 36.4 Å². The fourth-order valence-electron chi connectivity index (χ4n) is 4.90. The van der Waals surface area contributed by atoms with Crippen LogP contribution in [0.15, 0.2) is 48.5 Å². The summed E-state index contributed by atoms with van der Waals surface area (Å²) in [6, 6.07) is 17.0. The van der Waals surface area contributed by atoms with Crippen LogP contribution < -0.4 is 10.1 Å². The minimum Gasteiger partial charge on any atom is -0.484 e. The lowest BCUT2D eigenvalue weighted by molar-refractivity contribution is -0.116. The Morgan fingerprint density at radius 3 is 2.93 bits per heavy atom. The average Bonchev–Trinajstić information content (AvgIpc) is 3.11. The Kier molecular flexibility index (Phi) is 6.80. The molecule has 1 aliphatic heterocycles. The highest BCUT2D eigenvalue weighted by atomic mass is 19.1. The number of nitrogens with zero attached hydrogens (tertiary/aromatic N) is 1. The number of alkyl halides is 1. The highest BCUT2D eigenvalue weighted by Gasteiger charge is 2.39. The molecule has 0 amide bonds.